The number of nitrogens with two attached hydrogens (primary N) is 1. The Morgan fingerprint density at radius 2 is 1.55 bits per heavy atom. The lowest BCUT2D eigenvalue weighted by Gasteiger charge is -2.38. The lowest BCUT2D eigenvalue weighted by Crippen LogP contribution is -2.59. The molecule has 67 heavy (non-hydrogen) atoms. The Kier molecular flexibility index (Phi) is 21.3. The van der Waals surface area contributed by atoms with E-state index in [9.17, 15) is 64.2 Å². The minimum Gasteiger partial charge on any atom is -0.481 e. The molecule has 3 aliphatic heterocycles. The van der Waals surface area contributed by atoms with Gasteiger partial charge in [0.2, 0.25) is 5.91 Å². The highest BCUT2D eigenvalue weighted by atomic mass is 16.7. The van der Waals surface area contributed by atoms with Crippen LogP contribution in [-0.4, -0.2) is 180 Å². The number of carboxylic acid groups (broad SMARTS) is 2. The van der Waals surface area contributed by atoms with Gasteiger partial charge in [-0.15, -0.1) is 0 Å². The molecule has 3 saturated heterocycles. The maximum atomic E-state index is 14.5. The number of H-pyrrole nitrogens is 1. The molecule has 3 aliphatic rings. The highest BCUT2D eigenvalue weighted by molar-refractivity contribution is 5.88. The first-order valence-electron chi connectivity index (χ1n) is 22.6. The number of esters is 2. The number of aromatic nitrogens is 2. The van der Waals surface area contributed by atoms with Crippen molar-refractivity contribution in [2.75, 3.05) is 27.2 Å². The zero-order valence-corrected chi connectivity index (χ0v) is 38.2. The Morgan fingerprint density at radius 1 is 0.881 bits per heavy atom. The van der Waals surface area contributed by atoms with Gasteiger partial charge in [0.25, 0.3) is 5.56 Å². The molecule has 0 aliphatic carbocycles. The third-order valence-electron chi connectivity index (χ3n) is 11.9. The number of ether oxygens (including phenoxy) is 5. The van der Waals surface area contributed by atoms with E-state index in [-0.39, 0.29) is 25.8 Å². The van der Waals surface area contributed by atoms with E-state index in [1.807, 2.05) is 11.1 Å². The van der Waals surface area contributed by atoms with Crippen molar-refractivity contribution in [1.29, 1.82) is 0 Å². The third-order valence-corrected chi connectivity index (χ3v) is 11.9. The number of rotatable bonds is 25. The SMILES string of the molecule is CCC/C=C/CC/C=C/CCCCC(CC(=O)OC1CN(C)C([C@@H](O[C@@H]2O[C@H](CN)[C@@H](O)[C@H]2O)C2O[C@@H](n3ccc(=O)[nH]c3=O)[C@H](O)[C@@H]2O)C(=O)N(C)C1C(=O)O)OC(=O)CC(C)CC(=O)O. The molecule has 14 atom stereocenters. The van der Waals surface area contributed by atoms with E-state index >= 15 is 0 Å². The van der Waals surface area contributed by atoms with E-state index in [4.69, 9.17) is 29.4 Å². The summed E-state index contributed by atoms with van der Waals surface area (Å²) in [4.78, 5) is 94.0. The van der Waals surface area contributed by atoms with Crippen molar-refractivity contribution in [3.05, 3.63) is 57.4 Å². The normalized spacial score (nSPS) is 29.5. The van der Waals surface area contributed by atoms with Gasteiger partial charge < -0.3 is 65.0 Å². The van der Waals surface area contributed by atoms with Gasteiger partial charge in [0.05, 0.1) is 6.42 Å². The predicted octanol–water partition coefficient (Wildman–Crippen LogP) is -0.860. The number of nitrogens with zero attached hydrogens (tertiary/aromatic N) is 3. The van der Waals surface area contributed by atoms with Gasteiger partial charge in [0.15, 0.2) is 18.6 Å². The monoisotopic (exact) mass is 953 g/mol. The lowest BCUT2D eigenvalue weighted by molar-refractivity contribution is -0.233. The summed E-state index contributed by atoms with van der Waals surface area (Å²) in [6.07, 6.45) is -3.63. The Bertz CT molecular complexity index is 1990. The van der Waals surface area contributed by atoms with Crippen molar-refractivity contribution >= 4 is 29.8 Å². The summed E-state index contributed by atoms with van der Waals surface area (Å²) >= 11 is 0. The topological polar surface area (TPSA) is 340 Å². The van der Waals surface area contributed by atoms with E-state index in [0.717, 1.165) is 54.5 Å². The molecule has 4 heterocycles. The second-order valence-corrected chi connectivity index (χ2v) is 17.3. The number of hydrogen-bond donors (Lipinski definition) is 8. The smallest absolute Gasteiger partial charge is 0.330 e. The number of aliphatic hydroxyl groups is 4. The Hall–Kier alpha value is -4.85. The maximum absolute atomic E-state index is 14.5. The molecule has 0 saturated carbocycles. The van der Waals surface area contributed by atoms with Gasteiger partial charge >= 0.3 is 29.6 Å². The van der Waals surface area contributed by atoms with Crippen molar-refractivity contribution in [1.82, 2.24) is 19.4 Å². The molecule has 23 nitrogen and oxygen atoms in total. The quantitative estimate of drug-likeness (QED) is 0.0336. The van der Waals surface area contributed by atoms with Crippen LogP contribution in [0, 0.1) is 5.92 Å². The standard InChI is InChI=1S/C44H67N5O18/c1-5-6-7-8-9-10-11-12-13-14-15-16-25(63-30(53)20-24(2)19-29(51)52)21-31(54)64-27-23-47(3)33(40(59)48(4)32(27)42(60)61)38(67-43-37(58)34(55)26(22-45)65-43)39-35(56)36(57)41(66-39)49-18-17-28(50)46-44(49)62/h7-8,11-12,17-18,24-27,32-39,41,43,55-58H,5-6,9-10,13-16,19-23,45H2,1-4H3,(H,51,52)(H,60,61)(H,46,50,62)/b8-7+,12-11+/t24?,25?,26-,27?,32?,33?,34-,35+,36-,37-,38-,39?,41-,43+/m1/s1. The molecular formula is C44H67N5O18. The van der Waals surface area contributed by atoms with E-state index in [0.29, 0.717) is 19.3 Å². The number of aliphatic carboxylic acids is 2. The van der Waals surface area contributed by atoms with Crippen LogP contribution in [0.25, 0.3) is 0 Å². The lowest BCUT2D eigenvalue weighted by atomic mass is 9.97. The van der Waals surface area contributed by atoms with Crippen molar-refractivity contribution in [3.63, 3.8) is 0 Å². The fourth-order valence-corrected chi connectivity index (χ4v) is 8.38. The average molecular weight is 954 g/mol. The summed E-state index contributed by atoms with van der Waals surface area (Å²) in [5.41, 5.74) is 3.90. The van der Waals surface area contributed by atoms with Gasteiger partial charge in [-0.1, -0.05) is 44.6 Å². The van der Waals surface area contributed by atoms with Crippen LogP contribution in [0.5, 0.6) is 0 Å². The molecule has 9 N–H and O–H groups in total. The first kappa shape index (κ1) is 54.8. The van der Waals surface area contributed by atoms with Crippen LogP contribution in [0.3, 0.4) is 0 Å². The number of nitrogens with one attached hydrogen (secondary N) is 1. The number of carboxylic acids is 2. The van der Waals surface area contributed by atoms with Crippen molar-refractivity contribution in [3.8, 4) is 0 Å². The zero-order valence-electron chi connectivity index (χ0n) is 38.2. The number of carbonyl (C=O) groups excluding carboxylic acids is 3. The second kappa shape index (κ2) is 26.1. The molecule has 0 spiro atoms. The summed E-state index contributed by atoms with van der Waals surface area (Å²) < 4.78 is 30.0. The number of allylic oxidation sites excluding steroid dienone is 4. The van der Waals surface area contributed by atoms with Crippen LogP contribution < -0.4 is 17.0 Å². The van der Waals surface area contributed by atoms with Crippen LogP contribution in [0.1, 0.15) is 90.7 Å². The van der Waals surface area contributed by atoms with Crippen molar-refractivity contribution in [2.45, 2.75) is 164 Å². The van der Waals surface area contributed by atoms with E-state index in [1.54, 1.807) is 6.92 Å². The highest BCUT2D eigenvalue weighted by Crippen LogP contribution is 2.36. The number of aliphatic hydroxyl groups excluding tert-OH is 4. The molecule has 1 aromatic heterocycles. The van der Waals surface area contributed by atoms with Gasteiger partial charge in [0.1, 0.15) is 61.0 Å². The van der Waals surface area contributed by atoms with Gasteiger partial charge in [-0.25, -0.2) is 9.59 Å². The molecule has 6 unspecified atom stereocenters. The highest BCUT2D eigenvalue weighted by Gasteiger charge is 2.57. The summed E-state index contributed by atoms with van der Waals surface area (Å²) in [6.45, 7) is 2.89. The molecule has 3 fully saturated rings. The Labute approximate surface area is 387 Å². The van der Waals surface area contributed by atoms with E-state index < -0.39 is 139 Å². The minimum atomic E-state index is -1.96. The average Bonchev–Trinajstić information content (AvgIpc) is 3.66. The largest absolute Gasteiger partial charge is 0.481 e. The number of unbranched alkanes of at least 4 members (excludes halogenated alkanes) is 4. The van der Waals surface area contributed by atoms with Crippen LogP contribution in [0.15, 0.2) is 46.2 Å². The van der Waals surface area contributed by atoms with Gasteiger partial charge in [-0.05, 0) is 57.9 Å². The number of carbonyl (C=O) groups is 5. The first-order chi connectivity index (χ1) is 31.8. The van der Waals surface area contributed by atoms with Crippen LogP contribution in [-0.2, 0) is 47.7 Å². The molecule has 0 aromatic carbocycles. The van der Waals surface area contributed by atoms with Gasteiger partial charge in [0, 0.05) is 45.2 Å². The summed E-state index contributed by atoms with van der Waals surface area (Å²) in [7, 11) is 2.45. The summed E-state index contributed by atoms with van der Waals surface area (Å²) in [5.74, 6) is -5.99. The zero-order chi connectivity index (χ0) is 49.5. The molecule has 23 heteroatoms. The Morgan fingerprint density at radius 3 is 2.16 bits per heavy atom. The number of hydrogen-bond acceptors (Lipinski definition) is 18. The van der Waals surface area contributed by atoms with Crippen molar-refractivity contribution in [2.24, 2.45) is 11.7 Å². The van der Waals surface area contributed by atoms with Crippen LogP contribution in [0.4, 0.5) is 0 Å². The molecule has 4 rings (SSSR count). The summed E-state index contributed by atoms with van der Waals surface area (Å²) in [6, 6.07) is -2.58. The van der Waals surface area contributed by atoms with Crippen LogP contribution >= 0.6 is 0 Å². The fraction of sp³-hybridized carbons (Fsp3) is 0.705. The number of amides is 1. The molecule has 0 radical (unpaired) electrons. The molecule has 0 bridgehead atoms. The minimum absolute atomic E-state index is 0.213. The van der Waals surface area contributed by atoms with Gasteiger partial charge in [-0.3, -0.25) is 38.4 Å². The van der Waals surface area contributed by atoms with Crippen LogP contribution in [0.2, 0.25) is 0 Å². The molecular weight excluding hydrogens is 887 g/mol. The van der Waals surface area contributed by atoms with Crippen molar-refractivity contribution < 1.29 is 78.3 Å². The number of likely N-dealkylation sites (N-methyl/N-ethyl adjacent to an activating group) is 2. The molecule has 376 valence electrons. The molecule has 1 amide bonds. The Balaban J connectivity index is 1.58. The maximum Gasteiger partial charge on any atom is 0.330 e. The van der Waals surface area contributed by atoms with E-state index in [1.165, 1.54) is 11.9 Å². The third kappa shape index (κ3) is 15.1. The number of aromatic amines is 1. The van der Waals surface area contributed by atoms with Gasteiger partial charge in [-0.2, -0.15) is 0 Å². The first-order valence-corrected chi connectivity index (χ1v) is 22.6. The predicted molar refractivity (Wildman–Crippen MR) is 234 cm³/mol. The van der Waals surface area contributed by atoms with E-state index in [2.05, 4.69) is 25.2 Å². The summed E-state index contributed by atoms with van der Waals surface area (Å²) in [5, 5.41) is 63.8. The molecule has 1 aromatic rings. The fourth-order valence-electron chi connectivity index (χ4n) is 8.38. The second-order valence-electron chi connectivity index (χ2n) is 17.3.